The summed E-state index contributed by atoms with van der Waals surface area (Å²) in [6.07, 6.45) is 1.76. The Hall–Kier alpha value is -2.06. The first-order chi connectivity index (χ1) is 10.4. The molecule has 0 fully saturated rings. The number of hydrogen-bond acceptors (Lipinski definition) is 4. The smallest absolute Gasteiger partial charge is 0.251 e. The van der Waals surface area contributed by atoms with E-state index in [1.165, 1.54) is 0 Å². The van der Waals surface area contributed by atoms with Crippen LogP contribution in [0.5, 0.6) is 0 Å². The lowest BCUT2D eigenvalue weighted by atomic mass is 9.90. The monoisotopic (exact) mass is 303 g/mol. The molecule has 22 heavy (non-hydrogen) atoms. The Bertz CT molecular complexity index is 518. The van der Waals surface area contributed by atoms with Crippen molar-refractivity contribution in [1.29, 1.82) is 5.26 Å². The number of nitriles is 1. The largest absolute Gasteiger partial charge is 0.394 e. The minimum atomic E-state index is -0.285. The molecule has 3 N–H and O–H groups in total. The Balaban J connectivity index is 2.42. The number of amides is 1. The van der Waals surface area contributed by atoms with Crippen molar-refractivity contribution in [3.63, 3.8) is 0 Å². The van der Waals surface area contributed by atoms with Gasteiger partial charge in [-0.05, 0) is 57.9 Å². The molecule has 0 saturated carbocycles. The Morgan fingerprint density at radius 3 is 2.55 bits per heavy atom. The Morgan fingerprint density at radius 2 is 2.00 bits per heavy atom. The summed E-state index contributed by atoms with van der Waals surface area (Å²) in [6, 6.07) is 9.25. The van der Waals surface area contributed by atoms with Crippen LogP contribution in [0.3, 0.4) is 0 Å². The first-order valence-corrected chi connectivity index (χ1v) is 7.55. The highest BCUT2D eigenvalue weighted by Gasteiger charge is 2.15. The number of aliphatic hydroxyl groups excluding tert-OH is 1. The molecule has 0 spiro atoms. The number of carbonyl (C=O) groups excluding carboxylic acids is 1. The van der Waals surface area contributed by atoms with Gasteiger partial charge in [-0.15, -0.1) is 0 Å². The van der Waals surface area contributed by atoms with E-state index in [9.17, 15) is 4.79 Å². The fraction of sp³-hybridized carbons (Fsp3) is 0.529. The Morgan fingerprint density at radius 1 is 1.36 bits per heavy atom. The zero-order valence-electron chi connectivity index (χ0n) is 13.5. The van der Waals surface area contributed by atoms with Crippen LogP contribution in [0.4, 0.5) is 5.69 Å². The Labute approximate surface area is 132 Å². The van der Waals surface area contributed by atoms with E-state index in [-0.39, 0.29) is 24.0 Å². The van der Waals surface area contributed by atoms with Gasteiger partial charge < -0.3 is 15.7 Å². The number of nitrogens with one attached hydrogen (secondary N) is 2. The van der Waals surface area contributed by atoms with E-state index in [0.717, 1.165) is 25.1 Å². The summed E-state index contributed by atoms with van der Waals surface area (Å²) in [5, 5.41) is 23.9. The first kappa shape index (κ1) is 18.0. The van der Waals surface area contributed by atoms with Crippen molar-refractivity contribution in [3.05, 3.63) is 29.8 Å². The zero-order chi connectivity index (χ0) is 16.6. The van der Waals surface area contributed by atoms with Crippen LogP contribution in [0.15, 0.2) is 24.3 Å². The molecule has 0 bridgehead atoms. The SMILES string of the molecule is C[C@@H](CO)NC(=O)c1ccc(NCCCC(C)(C)C#N)cc1. The van der Waals surface area contributed by atoms with Gasteiger partial charge >= 0.3 is 0 Å². The van der Waals surface area contributed by atoms with Gasteiger partial charge in [0.2, 0.25) is 0 Å². The molecular formula is C17H25N3O2. The van der Waals surface area contributed by atoms with Crippen molar-refractivity contribution in [2.45, 2.75) is 39.7 Å². The third kappa shape index (κ3) is 6.15. The van der Waals surface area contributed by atoms with Crippen LogP contribution in [0.2, 0.25) is 0 Å². The van der Waals surface area contributed by atoms with Crippen molar-refractivity contribution in [2.24, 2.45) is 5.41 Å². The summed E-state index contributed by atoms with van der Waals surface area (Å²) in [6.45, 7) is 6.33. The third-order valence-electron chi connectivity index (χ3n) is 3.41. The molecule has 0 aromatic heterocycles. The summed E-state index contributed by atoms with van der Waals surface area (Å²) >= 11 is 0. The molecule has 1 atom stereocenters. The molecule has 1 aromatic rings. The standard InChI is InChI=1S/C17H25N3O2/c1-13(11-21)20-16(22)14-5-7-15(8-6-14)19-10-4-9-17(2,3)12-18/h5-8,13,19,21H,4,9-11H2,1-3H3,(H,20,22)/t13-/m0/s1. The highest BCUT2D eigenvalue weighted by molar-refractivity contribution is 5.94. The summed E-state index contributed by atoms with van der Waals surface area (Å²) in [7, 11) is 0. The average molecular weight is 303 g/mol. The molecule has 1 aromatic carbocycles. The number of anilines is 1. The van der Waals surface area contributed by atoms with Crippen molar-refractivity contribution in [3.8, 4) is 6.07 Å². The molecule has 0 heterocycles. The third-order valence-corrected chi connectivity index (χ3v) is 3.41. The van der Waals surface area contributed by atoms with E-state index in [2.05, 4.69) is 16.7 Å². The molecule has 5 nitrogen and oxygen atoms in total. The molecular weight excluding hydrogens is 278 g/mol. The van der Waals surface area contributed by atoms with Gasteiger partial charge in [0.15, 0.2) is 0 Å². The van der Waals surface area contributed by atoms with Crippen molar-refractivity contribution in [1.82, 2.24) is 5.32 Å². The van der Waals surface area contributed by atoms with Gasteiger partial charge in [-0.3, -0.25) is 4.79 Å². The minimum Gasteiger partial charge on any atom is -0.394 e. The second-order valence-corrected chi connectivity index (χ2v) is 6.16. The van der Waals surface area contributed by atoms with Crippen molar-refractivity contribution in [2.75, 3.05) is 18.5 Å². The van der Waals surface area contributed by atoms with Crippen LogP contribution >= 0.6 is 0 Å². The number of nitrogens with zero attached hydrogens (tertiary/aromatic N) is 1. The van der Waals surface area contributed by atoms with E-state index < -0.39 is 0 Å². The molecule has 1 amide bonds. The molecule has 0 aliphatic heterocycles. The van der Waals surface area contributed by atoms with E-state index in [1.807, 2.05) is 26.0 Å². The second-order valence-electron chi connectivity index (χ2n) is 6.16. The number of carbonyl (C=O) groups is 1. The number of hydrogen-bond donors (Lipinski definition) is 3. The van der Waals surface area contributed by atoms with Gasteiger partial charge in [-0.2, -0.15) is 5.26 Å². The maximum Gasteiger partial charge on any atom is 0.251 e. The minimum absolute atomic E-state index is 0.0789. The van der Waals surface area contributed by atoms with Gasteiger partial charge in [-0.1, -0.05) is 0 Å². The van der Waals surface area contributed by atoms with E-state index in [0.29, 0.717) is 5.56 Å². The van der Waals surface area contributed by atoms with Crippen LogP contribution in [-0.4, -0.2) is 30.2 Å². The van der Waals surface area contributed by atoms with Gasteiger partial charge in [0.05, 0.1) is 18.1 Å². The summed E-state index contributed by atoms with van der Waals surface area (Å²) in [5.74, 6) is -0.191. The predicted molar refractivity (Wildman–Crippen MR) is 87.6 cm³/mol. The van der Waals surface area contributed by atoms with Gasteiger partial charge in [0.25, 0.3) is 5.91 Å². The van der Waals surface area contributed by atoms with E-state index in [4.69, 9.17) is 10.4 Å². The number of benzene rings is 1. The first-order valence-electron chi connectivity index (χ1n) is 7.55. The van der Waals surface area contributed by atoms with Gasteiger partial charge in [0.1, 0.15) is 0 Å². The predicted octanol–water partition coefficient (Wildman–Crippen LogP) is 2.54. The fourth-order valence-corrected chi connectivity index (χ4v) is 1.91. The van der Waals surface area contributed by atoms with Crippen LogP contribution < -0.4 is 10.6 Å². The van der Waals surface area contributed by atoms with Crippen LogP contribution in [0.25, 0.3) is 0 Å². The summed E-state index contributed by atoms with van der Waals surface area (Å²) in [5.41, 5.74) is 1.23. The van der Waals surface area contributed by atoms with E-state index in [1.54, 1.807) is 19.1 Å². The maximum atomic E-state index is 11.9. The number of aliphatic hydroxyl groups is 1. The van der Waals surface area contributed by atoms with Crippen LogP contribution in [0, 0.1) is 16.7 Å². The molecule has 0 saturated heterocycles. The fourth-order valence-electron chi connectivity index (χ4n) is 1.91. The van der Waals surface area contributed by atoms with Gasteiger partial charge in [-0.25, -0.2) is 0 Å². The van der Waals surface area contributed by atoms with Crippen LogP contribution in [0.1, 0.15) is 44.0 Å². The van der Waals surface area contributed by atoms with Crippen molar-refractivity contribution < 1.29 is 9.90 Å². The lowest BCUT2D eigenvalue weighted by molar-refractivity contribution is 0.0922. The van der Waals surface area contributed by atoms with Gasteiger partial charge in [0, 0.05) is 23.8 Å². The highest BCUT2D eigenvalue weighted by atomic mass is 16.3. The molecule has 0 radical (unpaired) electrons. The molecule has 5 heteroatoms. The maximum absolute atomic E-state index is 11.9. The normalized spacial score (nSPS) is 12.3. The highest BCUT2D eigenvalue weighted by Crippen LogP contribution is 2.20. The lowest BCUT2D eigenvalue weighted by Gasteiger charge is -2.15. The molecule has 0 aliphatic carbocycles. The summed E-state index contributed by atoms with van der Waals surface area (Å²) < 4.78 is 0. The zero-order valence-corrected chi connectivity index (χ0v) is 13.5. The second kappa shape index (κ2) is 8.40. The molecule has 0 unspecified atom stereocenters. The van der Waals surface area contributed by atoms with Crippen molar-refractivity contribution >= 4 is 11.6 Å². The average Bonchev–Trinajstić information content (AvgIpc) is 2.52. The topological polar surface area (TPSA) is 85.2 Å². The molecule has 0 aliphatic rings. The lowest BCUT2D eigenvalue weighted by Crippen LogP contribution is -2.34. The summed E-state index contributed by atoms with van der Waals surface area (Å²) in [4.78, 5) is 11.9. The number of rotatable bonds is 8. The Kier molecular flexibility index (Phi) is 6.87. The molecule has 1 rings (SSSR count). The quantitative estimate of drug-likeness (QED) is 0.644. The van der Waals surface area contributed by atoms with E-state index >= 15 is 0 Å². The molecule has 120 valence electrons. The van der Waals surface area contributed by atoms with Crippen LogP contribution in [-0.2, 0) is 0 Å².